The van der Waals surface area contributed by atoms with Crippen molar-refractivity contribution in [2.45, 2.75) is 19.9 Å². The lowest BCUT2D eigenvalue weighted by Gasteiger charge is -1.92. The summed E-state index contributed by atoms with van der Waals surface area (Å²) >= 11 is 0. The molecule has 0 spiro atoms. The van der Waals surface area contributed by atoms with Crippen molar-refractivity contribution < 1.29 is 0 Å². The van der Waals surface area contributed by atoms with Crippen molar-refractivity contribution in [1.29, 1.82) is 0 Å². The maximum absolute atomic E-state index is 5.36. The number of aromatic nitrogens is 2. The van der Waals surface area contributed by atoms with Crippen LogP contribution in [0.15, 0.2) is 12.3 Å². The first-order valence-corrected chi connectivity index (χ1v) is 3.59. The summed E-state index contributed by atoms with van der Waals surface area (Å²) < 4.78 is 1.91. The zero-order valence-electron chi connectivity index (χ0n) is 6.25. The van der Waals surface area contributed by atoms with Crippen molar-refractivity contribution in [2.24, 2.45) is 5.73 Å². The lowest BCUT2D eigenvalue weighted by molar-refractivity contribution is 0.646. The van der Waals surface area contributed by atoms with Gasteiger partial charge in [0, 0.05) is 19.2 Å². The Hall–Kier alpha value is -0.830. The van der Waals surface area contributed by atoms with Crippen LogP contribution in [0.4, 0.5) is 0 Å². The quantitative estimate of drug-likeness (QED) is 0.659. The molecule has 0 fully saturated rings. The minimum atomic E-state index is 0.681. The van der Waals surface area contributed by atoms with Crippen LogP contribution in [0.2, 0.25) is 0 Å². The van der Waals surface area contributed by atoms with Crippen LogP contribution < -0.4 is 5.73 Å². The topological polar surface area (TPSA) is 43.8 Å². The van der Waals surface area contributed by atoms with E-state index in [4.69, 9.17) is 5.73 Å². The van der Waals surface area contributed by atoms with E-state index in [9.17, 15) is 0 Å². The van der Waals surface area contributed by atoms with Gasteiger partial charge in [-0.05, 0) is 19.5 Å². The fraction of sp³-hybridized carbons (Fsp3) is 0.571. The lowest BCUT2D eigenvalue weighted by atomic mass is 10.3. The molecule has 0 atom stereocenters. The molecule has 1 heterocycles. The second-order valence-electron chi connectivity index (χ2n) is 2.20. The van der Waals surface area contributed by atoms with Gasteiger partial charge in [0.1, 0.15) is 0 Å². The number of aryl methyl sites for hydroxylation is 1. The molecule has 0 radical (unpaired) electrons. The van der Waals surface area contributed by atoms with E-state index in [1.807, 2.05) is 16.9 Å². The molecule has 0 aliphatic carbocycles. The molecule has 0 aromatic carbocycles. The van der Waals surface area contributed by atoms with Crippen molar-refractivity contribution in [3.63, 3.8) is 0 Å². The van der Waals surface area contributed by atoms with Crippen LogP contribution >= 0.6 is 0 Å². The smallest absolute Gasteiger partial charge is 0.0637 e. The van der Waals surface area contributed by atoms with E-state index >= 15 is 0 Å². The molecule has 10 heavy (non-hydrogen) atoms. The summed E-state index contributed by atoms with van der Waals surface area (Å²) in [7, 11) is 0. The Labute approximate surface area is 60.8 Å². The second-order valence-corrected chi connectivity index (χ2v) is 2.20. The second kappa shape index (κ2) is 3.37. The maximum Gasteiger partial charge on any atom is 0.0637 e. The SMILES string of the molecule is CCn1ccc(CCN)n1. The number of rotatable bonds is 3. The summed E-state index contributed by atoms with van der Waals surface area (Å²) in [4.78, 5) is 0. The average Bonchev–Trinajstić information content (AvgIpc) is 2.37. The molecule has 1 rings (SSSR count). The molecule has 2 N–H and O–H groups in total. The fourth-order valence-electron chi connectivity index (χ4n) is 0.861. The largest absolute Gasteiger partial charge is 0.330 e. The molecule has 56 valence electrons. The highest BCUT2D eigenvalue weighted by molar-refractivity contribution is 4.98. The van der Waals surface area contributed by atoms with Crippen LogP contribution in [0, 0.1) is 0 Å². The Morgan fingerprint density at radius 2 is 2.50 bits per heavy atom. The zero-order valence-corrected chi connectivity index (χ0v) is 6.25. The summed E-state index contributed by atoms with van der Waals surface area (Å²) in [5.41, 5.74) is 6.45. The number of nitrogens with zero attached hydrogens (tertiary/aromatic N) is 2. The Morgan fingerprint density at radius 3 is 3.00 bits per heavy atom. The zero-order chi connectivity index (χ0) is 7.40. The minimum absolute atomic E-state index is 0.681. The van der Waals surface area contributed by atoms with Gasteiger partial charge >= 0.3 is 0 Å². The van der Waals surface area contributed by atoms with E-state index in [0.717, 1.165) is 18.7 Å². The summed E-state index contributed by atoms with van der Waals surface area (Å²) in [5, 5.41) is 4.26. The van der Waals surface area contributed by atoms with Gasteiger partial charge in [0.05, 0.1) is 5.69 Å². The molecule has 1 aromatic rings. The summed E-state index contributed by atoms with van der Waals surface area (Å²) in [6, 6.07) is 2.01. The van der Waals surface area contributed by atoms with Gasteiger partial charge in [-0.25, -0.2) is 0 Å². The molecular weight excluding hydrogens is 126 g/mol. The third-order valence-corrected chi connectivity index (χ3v) is 1.42. The predicted octanol–water partition coefficient (Wildman–Crippen LogP) is 0.404. The third-order valence-electron chi connectivity index (χ3n) is 1.42. The van der Waals surface area contributed by atoms with E-state index in [1.165, 1.54) is 0 Å². The van der Waals surface area contributed by atoms with Gasteiger partial charge in [-0.2, -0.15) is 5.10 Å². The van der Waals surface area contributed by atoms with Crippen molar-refractivity contribution in [3.8, 4) is 0 Å². The van der Waals surface area contributed by atoms with Gasteiger partial charge in [-0.3, -0.25) is 4.68 Å². The van der Waals surface area contributed by atoms with Gasteiger partial charge in [0.2, 0.25) is 0 Å². The van der Waals surface area contributed by atoms with Gasteiger partial charge in [0.15, 0.2) is 0 Å². The van der Waals surface area contributed by atoms with Crippen molar-refractivity contribution in [1.82, 2.24) is 9.78 Å². The molecule has 0 unspecified atom stereocenters. The standard InChI is InChI=1S/C7H13N3/c1-2-10-6-4-7(9-10)3-5-8/h4,6H,2-3,5,8H2,1H3. The summed E-state index contributed by atoms with van der Waals surface area (Å²) in [6.45, 7) is 3.69. The van der Waals surface area contributed by atoms with Crippen LogP contribution in [-0.2, 0) is 13.0 Å². The highest BCUT2D eigenvalue weighted by Gasteiger charge is 1.93. The first-order valence-electron chi connectivity index (χ1n) is 3.59. The van der Waals surface area contributed by atoms with Gasteiger partial charge < -0.3 is 5.73 Å². The van der Waals surface area contributed by atoms with Crippen LogP contribution in [-0.4, -0.2) is 16.3 Å². The monoisotopic (exact) mass is 139 g/mol. The first kappa shape index (κ1) is 7.28. The van der Waals surface area contributed by atoms with Gasteiger partial charge in [-0.1, -0.05) is 0 Å². The Kier molecular flexibility index (Phi) is 2.45. The molecule has 0 saturated carbocycles. The lowest BCUT2D eigenvalue weighted by Crippen LogP contribution is -2.04. The van der Waals surface area contributed by atoms with E-state index < -0.39 is 0 Å². The molecule has 0 aliphatic rings. The molecule has 3 nitrogen and oxygen atoms in total. The minimum Gasteiger partial charge on any atom is -0.330 e. The molecule has 1 aromatic heterocycles. The van der Waals surface area contributed by atoms with E-state index in [-0.39, 0.29) is 0 Å². The van der Waals surface area contributed by atoms with E-state index in [2.05, 4.69) is 12.0 Å². The summed E-state index contributed by atoms with van der Waals surface area (Å²) in [5.74, 6) is 0. The molecular formula is C7H13N3. The average molecular weight is 139 g/mol. The van der Waals surface area contributed by atoms with Crippen molar-refractivity contribution in [2.75, 3.05) is 6.54 Å². The van der Waals surface area contributed by atoms with Crippen LogP contribution in [0.3, 0.4) is 0 Å². The maximum atomic E-state index is 5.36. The Bertz CT molecular complexity index is 192. The normalized spacial score (nSPS) is 10.2. The molecule has 0 aliphatic heterocycles. The molecule has 0 bridgehead atoms. The van der Waals surface area contributed by atoms with Crippen molar-refractivity contribution in [3.05, 3.63) is 18.0 Å². The van der Waals surface area contributed by atoms with Crippen molar-refractivity contribution >= 4 is 0 Å². The molecule has 0 amide bonds. The fourth-order valence-corrected chi connectivity index (χ4v) is 0.861. The highest BCUT2D eigenvalue weighted by Crippen LogP contribution is 1.94. The Morgan fingerprint density at radius 1 is 1.70 bits per heavy atom. The molecule has 3 heteroatoms. The van der Waals surface area contributed by atoms with E-state index in [1.54, 1.807) is 0 Å². The van der Waals surface area contributed by atoms with Crippen LogP contribution in [0.5, 0.6) is 0 Å². The predicted molar refractivity (Wildman–Crippen MR) is 40.7 cm³/mol. The number of nitrogens with two attached hydrogens (primary N) is 1. The van der Waals surface area contributed by atoms with Gasteiger partial charge in [-0.15, -0.1) is 0 Å². The van der Waals surface area contributed by atoms with E-state index in [0.29, 0.717) is 6.54 Å². The number of hydrogen-bond donors (Lipinski definition) is 1. The third kappa shape index (κ3) is 1.57. The number of hydrogen-bond acceptors (Lipinski definition) is 2. The van der Waals surface area contributed by atoms with Gasteiger partial charge in [0.25, 0.3) is 0 Å². The van der Waals surface area contributed by atoms with Crippen LogP contribution in [0.25, 0.3) is 0 Å². The first-order chi connectivity index (χ1) is 4.86. The Balaban J connectivity index is 2.59. The summed E-state index contributed by atoms with van der Waals surface area (Å²) in [6.07, 6.45) is 2.86. The highest BCUT2D eigenvalue weighted by atomic mass is 15.3. The molecule has 0 saturated heterocycles. The van der Waals surface area contributed by atoms with Crippen LogP contribution in [0.1, 0.15) is 12.6 Å².